The molecule has 4 N–H and O–H groups in total. The summed E-state index contributed by atoms with van der Waals surface area (Å²) in [7, 11) is 0. The summed E-state index contributed by atoms with van der Waals surface area (Å²) in [6, 6.07) is 7.84. The summed E-state index contributed by atoms with van der Waals surface area (Å²) < 4.78 is 13.6. The van der Waals surface area contributed by atoms with Crippen molar-refractivity contribution in [2.45, 2.75) is 0 Å². The Morgan fingerprint density at radius 3 is 2.59 bits per heavy atom. The van der Waals surface area contributed by atoms with Crippen LogP contribution in [0.25, 0.3) is 0 Å². The molecule has 0 aliphatic rings. The van der Waals surface area contributed by atoms with E-state index in [2.05, 4.69) is 10.1 Å². The van der Waals surface area contributed by atoms with E-state index >= 15 is 0 Å². The van der Waals surface area contributed by atoms with Crippen LogP contribution in [0.15, 0.2) is 47.8 Å². The second-order valence-corrected chi connectivity index (χ2v) is 3.42. The number of halogens is 1. The van der Waals surface area contributed by atoms with Crippen molar-refractivity contribution in [3.63, 3.8) is 0 Å². The van der Waals surface area contributed by atoms with Crippen LogP contribution in [0.5, 0.6) is 0 Å². The minimum atomic E-state index is -0.403. The molecule has 4 nitrogen and oxygen atoms in total. The molecule has 0 saturated heterocycles. The van der Waals surface area contributed by atoms with Gasteiger partial charge in [0.25, 0.3) is 0 Å². The fourth-order valence-corrected chi connectivity index (χ4v) is 1.54. The van der Waals surface area contributed by atoms with Crippen LogP contribution in [0.4, 0.5) is 10.1 Å². The molecule has 1 heterocycles. The first kappa shape index (κ1) is 11.1. The van der Waals surface area contributed by atoms with Crippen molar-refractivity contribution in [2.24, 2.45) is 10.9 Å². The van der Waals surface area contributed by atoms with Crippen molar-refractivity contribution < 1.29 is 4.39 Å². The highest BCUT2D eigenvalue weighted by Crippen LogP contribution is 2.17. The largest absolute Gasteiger partial charge is 0.398 e. The Labute approximate surface area is 97.8 Å². The number of hydrogen-bond donors (Lipinski definition) is 2. The molecule has 5 heteroatoms. The average molecular weight is 230 g/mol. The lowest BCUT2D eigenvalue weighted by atomic mass is 10.0. The van der Waals surface area contributed by atoms with E-state index in [1.54, 1.807) is 30.5 Å². The molecule has 0 unspecified atom stereocenters. The minimum absolute atomic E-state index is 0.286. The summed E-state index contributed by atoms with van der Waals surface area (Å²) >= 11 is 0. The molecule has 1 aromatic carbocycles. The third kappa shape index (κ3) is 2.08. The van der Waals surface area contributed by atoms with E-state index in [1.165, 1.54) is 12.3 Å². The molecule has 0 spiro atoms. The number of anilines is 1. The summed E-state index contributed by atoms with van der Waals surface area (Å²) in [6.45, 7) is 0. The number of nitrogens with zero attached hydrogens (tertiary/aromatic N) is 2. The lowest BCUT2D eigenvalue weighted by Crippen LogP contribution is -2.11. The van der Waals surface area contributed by atoms with Crippen LogP contribution in [0, 0.1) is 5.82 Å². The number of benzene rings is 1. The molecule has 0 bridgehead atoms. The Balaban J connectivity index is 2.57. The lowest BCUT2D eigenvalue weighted by molar-refractivity contribution is 0.625. The third-order valence-corrected chi connectivity index (χ3v) is 2.37. The SMILES string of the molecule is NN=C(c1cnccc1N)c1ccccc1F. The first-order valence-electron chi connectivity index (χ1n) is 4.96. The molecule has 0 aliphatic carbocycles. The van der Waals surface area contributed by atoms with Gasteiger partial charge in [-0.15, -0.1) is 0 Å². The van der Waals surface area contributed by atoms with Gasteiger partial charge in [0.2, 0.25) is 0 Å². The summed E-state index contributed by atoms with van der Waals surface area (Å²) in [5.41, 5.74) is 7.34. The van der Waals surface area contributed by atoms with Crippen molar-refractivity contribution in [1.29, 1.82) is 0 Å². The van der Waals surface area contributed by atoms with Gasteiger partial charge in [-0.3, -0.25) is 4.98 Å². The Bertz CT molecular complexity index is 518. The predicted molar refractivity (Wildman–Crippen MR) is 64.9 cm³/mol. The normalized spacial score (nSPS) is 11.5. The van der Waals surface area contributed by atoms with Gasteiger partial charge < -0.3 is 11.6 Å². The number of pyridine rings is 1. The van der Waals surface area contributed by atoms with Gasteiger partial charge in [-0.05, 0) is 18.2 Å². The maximum Gasteiger partial charge on any atom is 0.132 e. The van der Waals surface area contributed by atoms with E-state index < -0.39 is 5.82 Å². The highest BCUT2D eigenvalue weighted by Gasteiger charge is 2.13. The predicted octanol–water partition coefficient (Wildman–Crippen LogP) is 1.51. The number of hydrogen-bond acceptors (Lipinski definition) is 4. The minimum Gasteiger partial charge on any atom is -0.398 e. The average Bonchev–Trinajstić information content (AvgIpc) is 2.34. The van der Waals surface area contributed by atoms with E-state index in [4.69, 9.17) is 11.6 Å². The zero-order valence-corrected chi connectivity index (χ0v) is 8.97. The van der Waals surface area contributed by atoms with Gasteiger partial charge in [0, 0.05) is 29.2 Å². The van der Waals surface area contributed by atoms with Gasteiger partial charge >= 0.3 is 0 Å². The van der Waals surface area contributed by atoms with Crippen molar-refractivity contribution in [3.05, 3.63) is 59.7 Å². The smallest absolute Gasteiger partial charge is 0.132 e. The quantitative estimate of drug-likeness (QED) is 0.466. The standard InChI is InChI=1S/C12H11FN4/c13-10-4-2-1-3-8(10)12(17-15)9-7-16-6-5-11(9)14/h1-7H,15H2,(H2,14,16). The number of nitrogen functional groups attached to an aromatic ring is 1. The Kier molecular flexibility index (Phi) is 3.00. The topological polar surface area (TPSA) is 77.3 Å². The second kappa shape index (κ2) is 4.61. The second-order valence-electron chi connectivity index (χ2n) is 3.42. The highest BCUT2D eigenvalue weighted by molar-refractivity contribution is 6.15. The van der Waals surface area contributed by atoms with Crippen molar-refractivity contribution in [1.82, 2.24) is 4.98 Å². The molecule has 0 aliphatic heterocycles. The Hall–Kier alpha value is -2.43. The van der Waals surface area contributed by atoms with Gasteiger partial charge in [0.05, 0.1) is 0 Å². The van der Waals surface area contributed by atoms with Crippen molar-refractivity contribution in [3.8, 4) is 0 Å². The van der Waals surface area contributed by atoms with Crippen LogP contribution >= 0.6 is 0 Å². The fraction of sp³-hybridized carbons (Fsp3) is 0. The molecule has 0 amide bonds. The maximum absolute atomic E-state index is 13.6. The summed E-state index contributed by atoms with van der Waals surface area (Å²) in [4.78, 5) is 3.93. The Morgan fingerprint density at radius 2 is 1.94 bits per heavy atom. The van der Waals surface area contributed by atoms with Crippen LogP contribution in [-0.4, -0.2) is 10.7 Å². The number of hydrazone groups is 1. The number of aromatic nitrogens is 1. The molecule has 86 valence electrons. The first-order valence-corrected chi connectivity index (χ1v) is 4.96. The highest BCUT2D eigenvalue weighted by atomic mass is 19.1. The lowest BCUT2D eigenvalue weighted by Gasteiger charge is -2.08. The molecule has 0 atom stereocenters. The van der Waals surface area contributed by atoms with Gasteiger partial charge in [-0.1, -0.05) is 12.1 Å². The zero-order chi connectivity index (χ0) is 12.3. The Morgan fingerprint density at radius 1 is 1.18 bits per heavy atom. The summed E-state index contributed by atoms with van der Waals surface area (Å²) in [6.07, 6.45) is 3.06. The fourth-order valence-electron chi connectivity index (χ4n) is 1.54. The van der Waals surface area contributed by atoms with Crippen LogP contribution in [0.3, 0.4) is 0 Å². The summed E-state index contributed by atoms with van der Waals surface area (Å²) in [5, 5.41) is 3.61. The molecule has 2 rings (SSSR count). The van der Waals surface area contributed by atoms with E-state index in [0.717, 1.165) is 0 Å². The molecule has 17 heavy (non-hydrogen) atoms. The maximum atomic E-state index is 13.6. The summed E-state index contributed by atoms with van der Waals surface area (Å²) in [5.74, 6) is 4.91. The van der Waals surface area contributed by atoms with Crippen LogP contribution < -0.4 is 11.6 Å². The molecular formula is C12H11FN4. The molecule has 2 aromatic rings. The van der Waals surface area contributed by atoms with Crippen LogP contribution in [0.1, 0.15) is 11.1 Å². The van der Waals surface area contributed by atoms with E-state index in [1.807, 2.05) is 0 Å². The number of nitrogens with two attached hydrogens (primary N) is 2. The zero-order valence-electron chi connectivity index (χ0n) is 8.97. The molecule has 0 radical (unpaired) electrons. The van der Waals surface area contributed by atoms with E-state index in [9.17, 15) is 4.39 Å². The first-order chi connectivity index (χ1) is 8.24. The van der Waals surface area contributed by atoms with E-state index in [0.29, 0.717) is 16.8 Å². The molecule has 0 saturated carbocycles. The molecule has 1 aromatic heterocycles. The van der Waals surface area contributed by atoms with Crippen LogP contribution in [-0.2, 0) is 0 Å². The van der Waals surface area contributed by atoms with Crippen LogP contribution in [0.2, 0.25) is 0 Å². The van der Waals surface area contributed by atoms with Gasteiger partial charge in [-0.2, -0.15) is 5.10 Å². The van der Waals surface area contributed by atoms with Crippen molar-refractivity contribution in [2.75, 3.05) is 5.73 Å². The van der Waals surface area contributed by atoms with Gasteiger partial charge in [0.1, 0.15) is 11.5 Å². The van der Waals surface area contributed by atoms with Gasteiger partial charge in [0.15, 0.2) is 0 Å². The molecular weight excluding hydrogens is 219 g/mol. The number of rotatable bonds is 2. The van der Waals surface area contributed by atoms with Gasteiger partial charge in [-0.25, -0.2) is 4.39 Å². The monoisotopic (exact) mass is 230 g/mol. The van der Waals surface area contributed by atoms with Crippen molar-refractivity contribution >= 4 is 11.4 Å². The third-order valence-electron chi connectivity index (χ3n) is 2.37. The van der Waals surface area contributed by atoms with E-state index in [-0.39, 0.29) is 5.71 Å². The molecule has 0 fully saturated rings.